The molecule has 6 rings (SSSR count). The number of anilines is 1. The molecule has 0 saturated carbocycles. The lowest BCUT2D eigenvalue weighted by Crippen LogP contribution is -2.19. The van der Waals surface area contributed by atoms with Crippen LogP contribution in [0.5, 0.6) is 0 Å². The lowest BCUT2D eigenvalue weighted by molar-refractivity contribution is 0.795. The van der Waals surface area contributed by atoms with Gasteiger partial charge in [0.25, 0.3) is 0 Å². The number of hydrogen-bond donors (Lipinski definition) is 1. The van der Waals surface area contributed by atoms with Gasteiger partial charge in [0, 0.05) is 57.1 Å². The minimum Gasteiger partial charge on any atom is -0.376 e. The van der Waals surface area contributed by atoms with Gasteiger partial charge in [-0.25, -0.2) is 14.8 Å². The van der Waals surface area contributed by atoms with Crippen molar-refractivity contribution in [3.8, 4) is 17.1 Å². The highest BCUT2D eigenvalue weighted by atomic mass is 16.1. The maximum Gasteiger partial charge on any atom is 0.328 e. The quantitative estimate of drug-likeness (QED) is 0.439. The zero-order valence-corrected chi connectivity index (χ0v) is 19.8. The summed E-state index contributed by atoms with van der Waals surface area (Å²) in [4.78, 5) is 27.8. The SMILES string of the molecule is Cc1ccc2c(-c3nc4c(N(C)C)ccnc4n3-c3ccc4c(c3)n(C)c(=O)n4C)c[nH]c2c1. The molecule has 0 bridgehead atoms. The molecule has 170 valence electrons. The monoisotopic (exact) mass is 451 g/mol. The number of aromatic amines is 1. The highest BCUT2D eigenvalue weighted by Gasteiger charge is 2.21. The van der Waals surface area contributed by atoms with Gasteiger partial charge in [0.2, 0.25) is 0 Å². The maximum atomic E-state index is 12.5. The van der Waals surface area contributed by atoms with Gasteiger partial charge in [-0.05, 0) is 42.8 Å². The average Bonchev–Trinajstić information content (AvgIpc) is 3.47. The van der Waals surface area contributed by atoms with Gasteiger partial charge in [-0.2, -0.15) is 0 Å². The van der Waals surface area contributed by atoms with Crippen molar-refractivity contribution in [3.05, 3.63) is 70.9 Å². The average molecular weight is 452 g/mol. The van der Waals surface area contributed by atoms with Crippen LogP contribution in [-0.4, -0.2) is 42.7 Å². The van der Waals surface area contributed by atoms with Crippen LogP contribution in [-0.2, 0) is 14.1 Å². The normalized spacial score (nSPS) is 11.8. The second-order valence-corrected chi connectivity index (χ2v) is 8.99. The van der Waals surface area contributed by atoms with Crippen LogP contribution in [0.1, 0.15) is 5.56 Å². The molecule has 34 heavy (non-hydrogen) atoms. The summed E-state index contributed by atoms with van der Waals surface area (Å²) in [6.45, 7) is 2.09. The number of aryl methyl sites for hydroxylation is 3. The number of fused-ring (bicyclic) bond motifs is 3. The Hall–Kier alpha value is -4.33. The molecular weight excluding hydrogens is 426 g/mol. The summed E-state index contributed by atoms with van der Waals surface area (Å²) in [6, 6.07) is 14.4. The van der Waals surface area contributed by atoms with E-state index in [0.29, 0.717) is 0 Å². The lowest BCUT2D eigenvalue weighted by atomic mass is 10.1. The van der Waals surface area contributed by atoms with E-state index in [1.807, 2.05) is 55.7 Å². The molecule has 0 amide bonds. The van der Waals surface area contributed by atoms with Crippen LogP contribution >= 0.6 is 0 Å². The van der Waals surface area contributed by atoms with Crippen molar-refractivity contribution in [1.29, 1.82) is 0 Å². The standard InChI is InChI=1S/C26H25N7O/c1-15-6-8-17-18(14-28-19(17)12-15)24-29-23-21(30(2)3)10-11-27-25(23)33(24)16-7-9-20-22(13-16)32(5)26(34)31(20)4/h6-14,28H,1-5H3. The molecule has 0 unspecified atom stereocenters. The third-order valence-electron chi connectivity index (χ3n) is 6.60. The summed E-state index contributed by atoms with van der Waals surface area (Å²) < 4.78 is 5.42. The fourth-order valence-corrected chi connectivity index (χ4v) is 4.81. The van der Waals surface area contributed by atoms with Crippen molar-refractivity contribution < 1.29 is 0 Å². The maximum absolute atomic E-state index is 12.5. The van der Waals surface area contributed by atoms with E-state index in [9.17, 15) is 4.79 Å². The molecule has 8 nitrogen and oxygen atoms in total. The first-order valence-electron chi connectivity index (χ1n) is 11.1. The minimum absolute atomic E-state index is 0.0529. The number of aromatic nitrogens is 6. The van der Waals surface area contributed by atoms with Gasteiger partial charge in [-0.1, -0.05) is 12.1 Å². The number of nitrogens with zero attached hydrogens (tertiary/aromatic N) is 6. The van der Waals surface area contributed by atoms with Crippen LogP contribution in [0.25, 0.3) is 50.2 Å². The van der Waals surface area contributed by atoms with E-state index in [-0.39, 0.29) is 5.69 Å². The van der Waals surface area contributed by atoms with Gasteiger partial charge < -0.3 is 9.88 Å². The molecule has 0 aliphatic carbocycles. The summed E-state index contributed by atoms with van der Waals surface area (Å²) in [5.41, 5.74) is 8.43. The van der Waals surface area contributed by atoms with Crippen molar-refractivity contribution in [3.63, 3.8) is 0 Å². The molecule has 4 heterocycles. The first-order chi connectivity index (χ1) is 16.3. The molecule has 0 saturated heterocycles. The van der Waals surface area contributed by atoms with E-state index < -0.39 is 0 Å². The Labute approximate surface area is 195 Å². The molecule has 0 fully saturated rings. The van der Waals surface area contributed by atoms with Crippen LogP contribution in [0.4, 0.5) is 5.69 Å². The second kappa shape index (κ2) is 7.08. The van der Waals surface area contributed by atoms with E-state index >= 15 is 0 Å². The fraction of sp³-hybridized carbons (Fsp3) is 0.192. The van der Waals surface area contributed by atoms with Crippen molar-refractivity contribution in [2.75, 3.05) is 19.0 Å². The van der Waals surface area contributed by atoms with Crippen molar-refractivity contribution in [2.24, 2.45) is 14.1 Å². The number of imidazole rings is 2. The van der Waals surface area contributed by atoms with Crippen molar-refractivity contribution >= 4 is 38.8 Å². The van der Waals surface area contributed by atoms with E-state index in [4.69, 9.17) is 9.97 Å². The van der Waals surface area contributed by atoms with Gasteiger partial charge in [0.05, 0.1) is 22.4 Å². The van der Waals surface area contributed by atoms with Gasteiger partial charge in [-0.15, -0.1) is 0 Å². The number of hydrogen-bond acceptors (Lipinski definition) is 4. The number of pyridine rings is 1. The zero-order chi connectivity index (χ0) is 23.7. The second-order valence-electron chi connectivity index (χ2n) is 8.99. The molecule has 0 aliphatic heterocycles. The van der Waals surface area contributed by atoms with Gasteiger partial charge in [-0.3, -0.25) is 13.7 Å². The Morgan fingerprint density at radius 1 is 0.971 bits per heavy atom. The van der Waals surface area contributed by atoms with E-state index in [1.54, 1.807) is 23.2 Å². The third kappa shape index (κ3) is 2.75. The molecule has 2 aromatic carbocycles. The summed E-state index contributed by atoms with van der Waals surface area (Å²) in [5.74, 6) is 0.798. The summed E-state index contributed by atoms with van der Waals surface area (Å²) in [6.07, 6.45) is 3.82. The van der Waals surface area contributed by atoms with Crippen molar-refractivity contribution in [2.45, 2.75) is 6.92 Å². The highest BCUT2D eigenvalue weighted by molar-refractivity contribution is 5.98. The van der Waals surface area contributed by atoms with Crippen LogP contribution in [0, 0.1) is 6.92 Å². The van der Waals surface area contributed by atoms with Crippen LogP contribution in [0.2, 0.25) is 0 Å². The number of rotatable bonds is 3. The number of H-pyrrole nitrogens is 1. The predicted molar refractivity (Wildman–Crippen MR) is 137 cm³/mol. The highest BCUT2D eigenvalue weighted by Crippen LogP contribution is 2.35. The molecule has 6 aromatic rings. The smallest absolute Gasteiger partial charge is 0.328 e. The van der Waals surface area contributed by atoms with Crippen LogP contribution in [0.15, 0.2) is 59.7 Å². The van der Waals surface area contributed by atoms with E-state index in [0.717, 1.165) is 55.9 Å². The molecule has 1 N–H and O–H groups in total. The summed E-state index contributed by atoms with van der Waals surface area (Å²) in [5, 5.41) is 1.10. The molecular formula is C26H25N7O. The molecule has 0 aliphatic rings. The Balaban J connectivity index is 1.72. The molecule has 0 atom stereocenters. The first kappa shape index (κ1) is 20.3. The van der Waals surface area contributed by atoms with E-state index in [2.05, 4.69) is 34.7 Å². The topological polar surface area (TPSA) is 76.7 Å². The zero-order valence-electron chi connectivity index (χ0n) is 19.8. The minimum atomic E-state index is -0.0529. The fourth-order valence-electron chi connectivity index (χ4n) is 4.81. The number of benzene rings is 2. The molecule has 0 spiro atoms. The Kier molecular flexibility index (Phi) is 4.23. The molecule has 0 radical (unpaired) electrons. The lowest BCUT2D eigenvalue weighted by Gasteiger charge is -2.12. The summed E-state index contributed by atoms with van der Waals surface area (Å²) >= 11 is 0. The largest absolute Gasteiger partial charge is 0.376 e. The van der Waals surface area contributed by atoms with Crippen LogP contribution in [0.3, 0.4) is 0 Å². The Morgan fingerprint density at radius 2 is 1.76 bits per heavy atom. The molecule has 8 heteroatoms. The van der Waals surface area contributed by atoms with Gasteiger partial charge in [0.15, 0.2) is 5.65 Å². The molecule has 4 aromatic heterocycles. The van der Waals surface area contributed by atoms with Gasteiger partial charge in [0.1, 0.15) is 11.3 Å². The number of nitrogens with one attached hydrogen (secondary N) is 1. The van der Waals surface area contributed by atoms with Crippen LogP contribution < -0.4 is 10.6 Å². The summed E-state index contributed by atoms with van der Waals surface area (Å²) in [7, 11) is 7.61. The van der Waals surface area contributed by atoms with Crippen molar-refractivity contribution in [1.82, 2.24) is 28.7 Å². The van der Waals surface area contributed by atoms with E-state index in [1.165, 1.54) is 5.56 Å². The van der Waals surface area contributed by atoms with Gasteiger partial charge >= 0.3 is 5.69 Å². The Morgan fingerprint density at radius 3 is 2.56 bits per heavy atom. The first-order valence-corrected chi connectivity index (χ1v) is 11.1. The Bertz CT molecular complexity index is 1800. The third-order valence-corrected chi connectivity index (χ3v) is 6.60. The predicted octanol–water partition coefficient (Wildman–Crippen LogP) is 4.13.